The Hall–Kier alpha value is -1.99. The zero-order valence-corrected chi connectivity index (χ0v) is 16.0. The van der Waals surface area contributed by atoms with Crippen LogP contribution in [-0.2, 0) is 6.42 Å². The fraction of sp³-hybridized carbons (Fsp3) is 0.526. The van der Waals surface area contributed by atoms with Gasteiger partial charge in [-0.15, -0.1) is 11.3 Å². The lowest BCUT2D eigenvalue weighted by Gasteiger charge is -2.50. The molecule has 136 valence electrons. The van der Waals surface area contributed by atoms with Crippen LogP contribution in [0.5, 0.6) is 0 Å². The fourth-order valence-electron chi connectivity index (χ4n) is 4.41. The van der Waals surface area contributed by atoms with Crippen LogP contribution in [0.3, 0.4) is 0 Å². The van der Waals surface area contributed by atoms with E-state index in [4.69, 9.17) is 4.52 Å². The third-order valence-corrected chi connectivity index (χ3v) is 7.19. The van der Waals surface area contributed by atoms with E-state index >= 15 is 0 Å². The molecule has 6 nitrogen and oxygen atoms in total. The van der Waals surface area contributed by atoms with Crippen LogP contribution < -0.4 is 4.90 Å². The molecule has 2 aliphatic rings. The molecule has 2 fully saturated rings. The summed E-state index contributed by atoms with van der Waals surface area (Å²) in [4.78, 5) is 16.6. The van der Waals surface area contributed by atoms with Gasteiger partial charge in [-0.1, -0.05) is 12.1 Å². The molecule has 26 heavy (non-hydrogen) atoms. The van der Waals surface area contributed by atoms with E-state index in [1.54, 1.807) is 23.9 Å². The van der Waals surface area contributed by atoms with Gasteiger partial charge in [0, 0.05) is 48.1 Å². The van der Waals surface area contributed by atoms with E-state index in [2.05, 4.69) is 44.8 Å². The maximum atomic E-state index is 5.00. The average Bonchev–Trinajstić information content (AvgIpc) is 3.37. The number of anilines is 1. The summed E-state index contributed by atoms with van der Waals surface area (Å²) < 4.78 is 5.00. The van der Waals surface area contributed by atoms with E-state index in [1.807, 2.05) is 6.20 Å². The standard InChI is InChI=1S/C19H23N5OS/c1-3-15-6-16-17(20-12-21-18(16)26-15)23-5-4-19(9-23)10-24(11-19)13(2)14-7-22-25-8-14/h6-8,12-13H,3-5,9-11H2,1-2H3. The second-order valence-electron chi connectivity index (χ2n) is 7.69. The van der Waals surface area contributed by atoms with Gasteiger partial charge in [-0.05, 0) is 25.8 Å². The smallest absolute Gasteiger partial charge is 0.140 e. The third kappa shape index (κ3) is 2.53. The van der Waals surface area contributed by atoms with E-state index < -0.39 is 0 Å². The van der Waals surface area contributed by atoms with E-state index in [9.17, 15) is 0 Å². The van der Waals surface area contributed by atoms with Crippen LogP contribution in [0.1, 0.15) is 36.8 Å². The van der Waals surface area contributed by atoms with Crippen LogP contribution in [0, 0.1) is 5.41 Å². The monoisotopic (exact) mass is 369 g/mol. The fourth-order valence-corrected chi connectivity index (χ4v) is 5.34. The van der Waals surface area contributed by atoms with Crippen LogP contribution in [-0.4, -0.2) is 46.2 Å². The minimum Gasteiger partial charge on any atom is -0.364 e. The first-order valence-corrected chi connectivity index (χ1v) is 10.1. The predicted molar refractivity (Wildman–Crippen MR) is 103 cm³/mol. The summed E-state index contributed by atoms with van der Waals surface area (Å²) in [5.41, 5.74) is 1.56. The van der Waals surface area contributed by atoms with Crippen LogP contribution in [0.2, 0.25) is 0 Å². The van der Waals surface area contributed by atoms with Gasteiger partial charge in [0.1, 0.15) is 23.2 Å². The number of aryl methyl sites for hydroxylation is 1. The number of fused-ring (bicyclic) bond motifs is 1. The van der Waals surface area contributed by atoms with Crippen molar-refractivity contribution in [2.24, 2.45) is 5.41 Å². The van der Waals surface area contributed by atoms with E-state index in [1.165, 1.54) is 16.7 Å². The van der Waals surface area contributed by atoms with Gasteiger partial charge in [0.15, 0.2) is 0 Å². The van der Waals surface area contributed by atoms with Gasteiger partial charge in [-0.2, -0.15) is 0 Å². The molecule has 1 spiro atoms. The second-order valence-corrected chi connectivity index (χ2v) is 8.81. The molecule has 3 aromatic heterocycles. The molecule has 1 unspecified atom stereocenters. The summed E-state index contributed by atoms with van der Waals surface area (Å²) in [5.74, 6) is 1.12. The van der Waals surface area contributed by atoms with Gasteiger partial charge < -0.3 is 9.42 Å². The van der Waals surface area contributed by atoms with Gasteiger partial charge in [0.05, 0.1) is 11.6 Å². The van der Waals surface area contributed by atoms with Crippen LogP contribution in [0.4, 0.5) is 5.82 Å². The molecule has 0 aromatic carbocycles. The molecule has 0 aliphatic carbocycles. The van der Waals surface area contributed by atoms with Gasteiger partial charge in [-0.3, -0.25) is 4.90 Å². The SMILES string of the molecule is CCc1cc2c(N3CCC4(C3)CN(C(C)c3cnoc3)C4)ncnc2s1. The molecule has 5 heterocycles. The minimum atomic E-state index is 0.371. The Balaban J connectivity index is 1.32. The lowest BCUT2D eigenvalue weighted by Crippen LogP contribution is -2.58. The zero-order chi connectivity index (χ0) is 17.7. The summed E-state index contributed by atoms with van der Waals surface area (Å²) in [7, 11) is 0. The van der Waals surface area contributed by atoms with Crippen molar-refractivity contribution in [2.45, 2.75) is 32.7 Å². The Morgan fingerprint density at radius 3 is 2.96 bits per heavy atom. The van der Waals surface area contributed by atoms with E-state index in [-0.39, 0.29) is 0 Å². The van der Waals surface area contributed by atoms with Crippen molar-refractivity contribution in [2.75, 3.05) is 31.1 Å². The van der Waals surface area contributed by atoms with E-state index in [0.717, 1.165) is 48.8 Å². The lowest BCUT2D eigenvalue weighted by molar-refractivity contribution is -0.0122. The molecule has 2 saturated heterocycles. The molecule has 7 heteroatoms. The van der Waals surface area contributed by atoms with E-state index in [0.29, 0.717) is 11.5 Å². The largest absolute Gasteiger partial charge is 0.364 e. The quantitative estimate of drug-likeness (QED) is 0.701. The summed E-state index contributed by atoms with van der Waals surface area (Å²) in [6.45, 7) is 8.87. The molecule has 0 saturated carbocycles. The van der Waals surface area contributed by atoms with Crippen molar-refractivity contribution in [3.8, 4) is 0 Å². The molecule has 5 rings (SSSR count). The maximum Gasteiger partial charge on any atom is 0.140 e. The number of hydrogen-bond donors (Lipinski definition) is 0. The second kappa shape index (κ2) is 6.03. The Kier molecular flexibility index (Phi) is 3.76. The molecule has 2 aliphatic heterocycles. The highest BCUT2D eigenvalue weighted by molar-refractivity contribution is 7.18. The predicted octanol–water partition coefficient (Wildman–Crippen LogP) is 3.52. The molecule has 0 bridgehead atoms. The summed E-state index contributed by atoms with van der Waals surface area (Å²) in [6.07, 6.45) is 7.60. The first-order chi connectivity index (χ1) is 12.7. The van der Waals surface area contributed by atoms with Crippen molar-refractivity contribution < 1.29 is 4.52 Å². The first-order valence-electron chi connectivity index (χ1n) is 9.29. The Bertz CT molecular complexity index is 915. The highest BCUT2D eigenvalue weighted by Crippen LogP contribution is 2.45. The van der Waals surface area contributed by atoms with Crippen molar-refractivity contribution in [3.63, 3.8) is 0 Å². The first kappa shape index (κ1) is 16.2. The number of likely N-dealkylation sites (tertiary alicyclic amines) is 1. The van der Waals surface area contributed by atoms with Crippen LogP contribution in [0.25, 0.3) is 10.2 Å². The molecule has 3 aromatic rings. The molecular weight excluding hydrogens is 346 g/mol. The summed E-state index contributed by atoms with van der Waals surface area (Å²) >= 11 is 1.79. The van der Waals surface area contributed by atoms with Gasteiger partial charge in [0.2, 0.25) is 0 Å². The Morgan fingerprint density at radius 2 is 2.19 bits per heavy atom. The van der Waals surface area contributed by atoms with Gasteiger partial charge in [-0.25, -0.2) is 9.97 Å². The molecule has 0 N–H and O–H groups in total. The summed E-state index contributed by atoms with van der Waals surface area (Å²) in [5, 5.41) is 5.06. The topological polar surface area (TPSA) is 58.3 Å². The zero-order valence-electron chi connectivity index (χ0n) is 15.2. The van der Waals surface area contributed by atoms with Gasteiger partial charge in [0.25, 0.3) is 0 Å². The Labute approximate surface area is 156 Å². The number of nitrogens with zero attached hydrogens (tertiary/aromatic N) is 5. The molecular formula is C19H23N5OS. The highest BCUT2D eigenvalue weighted by Gasteiger charge is 2.49. The third-order valence-electron chi connectivity index (χ3n) is 6.00. The van der Waals surface area contributed by atoms with Crippen molar-refractivity contribution >= 4 is 27.4 Å². The summed E-state index contributed by atoms with van der Waals surface area (Å²) in [6, 6.07) is 2.65. The van der Waals surface area contributed by atoms with Gasteiger partial charge >= 0.3 is 0 Å². The number of thiophene rings is 1. The van der Waals surface area contributed by atoms with Crippen LogP contribution >= 0.6 is 11.3 Å². The number of rotatable bonds is 4. The lowest BCUT2D eigenvalue weighted by atomic mass is 9.78. The van der Waals surface area contributed by atoms with Crippen molar-refractivity contribution in [1.29, 1.82) is 0 Å². The average molecular weight is 369 g/mol. The number of aromatic nitrogens is 3. The van der Waals surface area contributed by atoms with Crippen LogP contribution in [0.15, 0.2) is 29.4 Å². The minimum absolute atomic E-state index is 0.371. The maximum absolute atomic E-state index is 5.00. The van der Waals surface area contributed by atoms with Crippen molar-refractivity contribution in [3.05, 3.63) is 35.3 Å². The molecule has 0 radical (unpaired) electrons. The normalized spacial score (nSPS) is 20.8. The molecule has 0 amide bonds. The Morgan fingerprint density at radius 1 is 1.31 bits per heavy atom. The van der Waals surface area contributed by atoms with Crippen molar-refractivity contribution in [1.82, 2.24) is 20.0 Å². The highest BCUT2D eigenvalue weighted by atomic mass is 32.1. The number of hydrogen-bond acceptors (Lipinski definition) is 7. The molecule has 1 atom stereocenters.